The predicted molar refractivity (Wildman–Crippen MR) is 116 cm³/mol. The largest absolute Gasteiger partial charge is 0.469 e. The first-order valence-corrected chi connectivity index (χ1v) is 11.0. The number of rotatable bonds is 19. The summed E-state index contributed by atoms with van der Waals surface area (Å²) in [5.74, 6) is -1.36. The molecule has 0 fully saturated rings. The molecule has 0 saturated heterocycles. The van der Waals surface area contributed by atoms with Crippen LogP contribution >= 0.6 is 0 Å². The van der Waals surface area contributed by atoms with Crippen LogP contribution < -0.4 is 0 Å². The molecule has 0 saturated carbocycles. The van der Waals surface area contributed by atoms with Crippen molar-refractivity contribution < 1.29 is 19.1 Å². The van der Waals surface area contributed by atoms with Gasteiger partial charge in [0.2, 0.25) is 0 Å². The molecule has 0 aliphatic carbocycles. The van der Waals surface area contributed by atoms with Crippen LogP contribution in [-0.2, 0) is 19.1 Å². The fourth-order valence-corrected chi connectivity index (χ4v) is 3.64. The summed E-state index contributed by atoms with van der Waals surface area (Å²) in [5.41, 5.74) is 0. The van der Waals surface area contributed by atoms with Crippen LogP contribution in [0, 0.1) is 11.8 Å². The van der Waals surface area contributed by atoms with E-state index in [1.54, 1.807) is 0 Å². The first kappa shape index (κ1) is 26.4. The molecule has 2 atom stereocenters. The second-order valence-corrected chi connectivity index (χ2v) is 7.53. The molecule has 2 unspecified atom stereocenters. The maximum atomic E-state index is 12.3. The van der Waals surface area contributed by atoms with Gasteiger partial charge in [0, 0.05) is 0 Å². The molecule has 0 amide bonds. The van der Waals surface area contributed by atoms with Gasteiger partial charge in [-0.05, 0) is 38.5 Å². The fourth-order valence-electron chi connectivity index (χ4n) is 3.64. The topological polar surface area (TPSA) is 52.6 Å². The highest BCUT2D eigenvalue weighted by Gasteiger charge is 2.34. The summed E-state index contributed by atoms with van der Waals surface area (Å²) in [6.45, 7) is 7.48. The van der Waals surface area contributed by atoms with Crippen molar-refractivity contribution in [2.45, 2.75) is 89.9 Å². The zero-order valence-corrected chi connectivity index (χ0v) is 18.3. The predicted octanol–water partition coefficient (Wildman–Crippen LogP) is 6.40. The van der Waals surface area contributed by atoms with Crippen molar-refractivity contribution in [3.8, 4) is 0 Å². The van der Waals surface area contributed by atoms with Crippen molar-refractivity contribution in [1.29, 1.82) is 0 Å². The van der Waals surface area contributed by atoms with Gasteiger partial charge in [0.25, 0.3) is 0 Å². The Hall–Kier alpha value is -1.58. The van der Waals surface area contributed by atoms with Gasteiger partial charge in [-0.1, -0.05) is 63.5 Å². The van der Waals surface area contributed by atoms with E-state index in [9.17, 15) is 9.59 Å². The molecule has 28 heavy (non-hydrogen) atoms. The zero-order chi connectivity index (χ0) is 21.0. The average Bonchev–Trinajstić information content (AvgIpc) is 2.72. The number of unbranched alkanes of at least 4 members (excludes halogenated alkanes) is 10. The van der Waals surface area contributed by atoms with Gasteiger partial charge in [0.05, 0.1) is 26.1 Å². The molecule has 0 bridgehead atoms. The molecule has 0 N–H and O–H groups in total. The van der Waals surface area contributed by atoms with E-state index in [-0.39, 0.29) is 11.9 Å². The number of esters is 2. The molecule has 0 aromatic heterocycles. The molecule has 162 valence electrons. The van der Waals surface area contributed by atoms with Gasteiger partial charge in [-0.2, -0.15) is 0 Å². The van der Waals surface area contributed by atoms with Gasteiger partial charge in [-0.3, -0.25) is 9.59 Å². The van der Waals surface area contributed by atoms with Crippen molar-refractivity contribution in [1.82, 2.24) is 0 Å². The summed E-state index contributed by atoms with van der Waals surface area (Å²) in [7, 11) is 2.80. The first-order valence-electron chi connectivity index (χ1n) is 11.0. The summed E-state index contributed by atoms with van der Waals surface area (Å²) in [6, 6.07) is 0. The smallest absolute Gasteiger partial charge is 0.309 e. The Balaban J connectivity index is 4.49. The summed E-state index contributed by atoms with van der Waals surface area (Å²) in [4.78, 5) is 24.7. The maximum absolute atomic E-state index is 12.3. The molecule has 0 radical (unpaired) electrons. The molecule has 0 aromatic carbocycles. The Morgan fingerprint density at radius 3 is 1.29 bits per heavy atom. The van der Waals surface area contributed by atoms with Gasteiger partial charge in [-0.15, -0.1) is 13.2 Å². The Bertz CT molecular complexity index is 390. The van der Waals surface area contributed by atoms with Crippen molar-refractivity contribution in [3.05, 3.63) is 25.3 Å². The number of carbonyl (C=O) groups excluding carboxylic acids is 2. The lowest BCUT2D eigenvalue weighted by atomic mass is 9.83. The molecule has 0 spiro atoms. The minimum Gasteiger partial charge on any atom is -0.469 e. The van der Waals surface area contributed by atoms with E-state index in [1.165, 1.54) is 39.9 Å². The maximum Gasteiger partial charge on any atom is 0.309 e. The summed E-state index contributed by atoms with van der Waals surface area (Å²) in [6.07, 6.45) is 18.4. The van der Waals surface area contributed by atoms with E-state index in [1.807, 2.05) is 12.2 Å². The minimum atomic E-state index is -0.397. The average molecular weight is 395 g/mol. The molecule has 0 heterocycles. The van der Waals surface area contributed by atoms with Crippen molar-refractivity contribution in [2.75, 3.05) is 14.2 Å². The molecule has 0 aliphatic rings. The molecule has 0 rings (SSSR count). The highest BCUT2D eigenvalue weighted by molar-refractivity contribution is 5.81. The van der Waals surface area contributed by atoms with Gasteiger partial charge in [-0.25, -0.2) is 0 Å². The van der Waals surface area contributed by atoms with E-state index >= 15 is 0 Å². The van der Waals surface area contributed by atoms with E-state index in [4.69, 9.17) is 9.47 Å². The van der Waals surface area contributed by atoms with Crippen LogP contribution in [0.25, 0.3) is 0 Å². The Labute approximate surface area is 172 Å². The van der Waals surface area contributed by atoms with E-state index in [0.717, 1.165) is 51.4 Å². The van der Waals surface area contributed by atoms with Crippen molar-refractivity contribution >= 4 is 11.9 Å². The summed E-state index contributed by atoms with van der Waals surface area (Å²) < 4.78 is 10.0. The van der Waals surface area contributed by atoms with Crippen LogP contribution in [0.1, 0.15) is 89.9 Å². The first-order chi connectivity index (χ1) is 13.6. The molecular weight excluding hydrogens is 352 g/mol. The normalized spacial score (nSPS) is 12.8. The molecular formula is C24H42O4. The Morgan fingerprint density at radius 1 is 0.643 bits per heavy atom. The molecule has 4 nitrogen and oxygen atoms in total. The monoisotopic (exact) mass is 394 g/mol. The Morgan fingerprint density at radius 2 is 0.964 bits per heavy atom. The van der Waals surface area contributed by atoms with E-state index < -0.39 is 11.8 Å². The molecule has 0 aromatic rings. The third-order valence-corrected chi connectivity index (χ3v) is 5.34. The number of methoxy groups -OCH3 is 2. The second-order valence-electron chi connectivity index (χ2n) is 7.53. The standard InChI is InChI=1S/C24H42O4/c1-5-7-9-11-13-15-17-19-21(23(25)27-3)22(24(26)28-4)20-18-16-14-12-10-8-6-2/h5-6,21-22H,1-2,7-20H2,3-4H3. The van der Waals surface area contributed by atoms with Crippen LogP contribution in [0.15, 0.2) is 25.3 Å². The third kappa shape index (κ3) is 12.7. The van der Waals surface area contributed by atoms with Gasteiger partial charge in [0.15, 0.2) is 0 Å². The number of ether oxygens (including phenoxy) is 2. The Kier molecular flexibility index (Phi) is 17.7. The second kappa shape index (κ2) is 18.8. The summed E-state index contributed by atoms with van der Waals surface area (Å²) in [5, 5.41) is 0. The third-order valence-electron chi connectivity index (χ3n) is 5.34. The van der Waals surface area contributed by atoms with Gasteiger partial charge >= 0.3 is 11.9 Å². The summed E-state index contributed by atoms with van der Waals surface area (Å²) >= 11 is 0. The number of hydrogen-bond acceptors (Lipinski definition) is 4. The zero-order valence-electron chi connectivity index (χ0n) is 18.3. The van der Waals surface area contributed by atoms with Crippen molar-refractivity contribution in [2.24, 2.45) is 11.8 Å². The highest BCUT2D eigenvalue weighted by Crippen LogP contribution is 2.27. The van der Waals surface area contributed by atoms with Crippen molar-refractivity contribution in [3.63, 3.8) is 0 Å². The highest BCUT2D eigenvalue weighted by atomic mass is 16.5. The van der Waals surface area contributed by atoms with Gasteiger partial charge < -0.3 is 9.47 Å². The van der Waals surface area contributed by atoms with Crippen LogP contribution in [0.5, 0.6) is 0 Å². The number of hydrogen-bond donors (Lipinski definition) is 0. The fraction of sp³-hybridized carbons (Fsp3) is 0.750. The lowest BCUT2D eigenvalue weighted by Gasteiger charge is -2.23. The van der Waals surface area contributed by atoms with Crippen LogP contribution in [0.4, 0.5) is 0 Å². The lowest BCUT2D eigenvalue weighted by Crippen LogP contribution is -2.32. The minimum absolute atomic E-state index is 0.284. The number of allylic oxidation sites excluding steroid dienone is 2. The SMILES string of the molecule is C=CCCCCCCCC(C(=O)OC)C(CCCCCCCC=C)C(=O)OC. The lowest BCUT2D eigenvalue weighted by molar-refractivity contribution is -0.158. The molecule has 4 heteroatoms. The van der Waals surface area contributed by atoms with Crippen LogP contribution in [-0.4, -0.2) is 26.2 Å². The van der Waals surface area contributed by atoms with Gasteiger partial charge in [0.1, 0.15) is 0 Å². The van der Waals surface area contributed by atoms with Crippen LogP contribution in [0.2, 0.25) is 0 Å². The number of carbonyl (C=O) groups is 2. The van der Waals surface area contributed by atoms with E-state index in [0.29, 0.717) is 12.8 Å². The van der Waals surface area contributed by atoms with E-state index in [2.05, 4.69) is 13.2 Å². The molecule has 0 aliphatic heterocycles. The quantitative estimate of drug-likeness (QED) is 0.144. The van der Waals surface area contributed by atoms with Crippen LogP contribution in [0.3, 0.4) is 0 Å².